The summed E-state index contributed by atoms with van der Waals surface area (Å²) in [4.78, 5) is 16.4. The van der Waals surface area contributed by atoms with E-state index < -0.39 is 5.97 Å². The van der Waals surface area contributed by atoms with Gasteiger partial charge in [-0.25, -0.2) is 9.78 Å². The van der Waals surface area contributed by atoms with Crippen LogP contribution in [0.15, 0.2) is 6.20 Å². The van der Waals surface area contributed by atoms with Crippen LogP contribution in [0.3, 0.4) is 0 Å². The zero-order valence-corrected chi connectivity index (χ0v) is 5.72. The summed E-state index contributed by atoms with van der Waals surface area (Å²) in [5.74, 6) is -0.351. The van der Waals surface area contributed by atoms with Gasteiger partial charge in [0.2, 0.25) is 0 Å². The van der Waals surface area contributed by atoms with Crippen molar-refractivity contribution in [2.24, 2.45) is 0 Å². The Bertz CT molecular complexity index is 246. The van der Waals surface area contributed by atoms with Crippen molar-refractivity contribution in [3.05, 3.63) is 17.7 Å². The number of imidazole rings is 1. The number of hydrogen-bond donors (Lipinski definition) is 2. The third kappa shape index (κ3) is 1.27. The number of alkyl halides is 1. The maximum Gasteiger partial charge on any atom is 0.353 e. The fourth-order valence-corrected chi connectivity index (χ4v) is 0.675. The Labute approximate surface area is 61.8 Å². The van der Waals surface area contributed by atoms with Gasteiger partial charge >= 0.3 is 5.97 Å². The fraction of sp³-hybridized carbons (Fsp3) is 0.200. The van der Waals surface area contributed by atoms with E-state index in [4.69, 9.17) is 16.7 Å². The molecule has 0 spiro atoms. The minimum atomic E-state index is -1.02. The quantitative estimate of drug-likeness (QED) is 0.631. The molecule has 2 N–H and O–H groups in total. The van der Waals surface area contributed by atoms with Gasteiger partial charge in [0.1, 0.15) is 11.5 Å². The highest BCUT2D eigenvalue weighted by molar-refractivity contribution is 6.16. The SMILES string of the molecule is O=C(O)c1cnc(CCl)[nH]1. The number of nitrogens with one attached hydrogen (secondary N) is 1. The molecule has 0 aromatic carbocycles. The van der Waals surface area contributed by atoms with Crippen LogP contribution in [-0.4, -0.2) is 21.0 Å². The van der Waals surface area contributed by atoms with Crippen LogP contribution in [0.4, 0.5) is 0 Å². The number of aromatic carboxylic acids is 1. The topological polar surface area (TPSA) is 66.0 Å². The molecule has 0 aliphatic carbocycles. The average molecular weight is 161 g/mol. The van der Waals surface area contributed by atoms with Crippen LogP contribution in [-0.2, 0) is 5.88 Å². The second kappa shape index (κ2) is 2.70. The zero-order valence-electron chi connectivity index (χ0n) is 4.97. The lowest BCUT2D eigenvalue weighted by atomic mass is 10.5. The molecule has 5 heteroatoms. The highest BCUT2D eigenvalue weighted by atomic mass is 35.5. The van der Waals surface area contributed by atoms with Crippen molar-refractivity contribution >= 4 is 17.6 Å². The van der Waals surface area contributed by atoms with Crippen molar-refractivity contribution < 1.29 is 9.90 Å². The van der Waals surface area contributed by atoms with Crippen molar-refractivity contribution in [3.63, 3.8) is 0 Å². The first-order chi connectivity index (χ1) is 4.74. The Morgan fingerprint density at radius 2 is 2.60 bits per heavy atom. The van der Waals surface area contributed by atoms with Crippen LogP contribution in [0.5, 0.6) is 0 Å². The van der Waals surface area contributed by atoms with Gasteiger partial charge in [-0.1, -0.05) is 0 Å². The maximum atomic E-state index is 10.2. The molecule has 54 valence electrons. The molecule has 0 fully saturated rings. The Hall–Kier alpha value is -1.03. The van der Waals surface area contributed by atoms with Gasteiger partial charge < -0.3 is 10.1 Å². The van der Waals surface area contributed by atoms with E-state index in [2.05, 4.69) is 9.97 Å². The van der Waals surface area contributed by atoms with E-state index in [1.54, 1.807) is 0 Å². The van der Waals surface area contributed by atoms with Gasteiger partial charge in [-0.05, 0) is 0 Å². The molecule has 0 radical (unpaired) electrons. The summed E-state index contributed by atoms with van der Waals surface area (Å²) in [5, 5.41) is 8.38. The summed E-state index contributed by atoms with van der Waals surface area (Å²) in [5.41, 5.74) is 0.0654. The lowest BCUT2D eigenvalue weighted by Gasteiger charge is -1.83. The predicted octanol–water partition coefficient (Wildman–Crippen LogP) is 0.847. The first-order valence-electron chi connectivity index (χ1n) is 2.57. The number of carboxylic acid groups (broad SMARTS) is 1. The molecule has 0 saturated carbocycles. The van der Waals surface area contributed by atoms with Gasteiger partial charge in [-0.3, -0.25) is 0 Å². The molecule has 1 heterocycles. The number of aromatic amines is 1. The number of carboxylic acids is 1. The first kappa shape index (κ1) is 7.08. The number of hydrogen-bond acceptors (Lipinski definition) is 2. The number of H-pyrrole nitrogens is 1. The molecule has 0 amide bonds. The Morgan fingerprint density at radius 3 is 2.90 bits per heavy atom. The van der Waals surface area contributed by atoms with Crippen molar-refractivity contribution in [2.45, 2.75) is 5.88 Å². The average Bonchev–Trinajstić information content (AvgIpc) is 2.34. The summed E-state index contributed by atoms with van der Waals surface area (Å²) >= 11 is 5.36. The molecular formula is C5H5ClN2O2. The minimum absolute atomic E-state index is 0.0654. The summed E-state index contributed by atoms with van der Waals surface area (Å²) in [7, 11) is 0. The molecule has 4 nitrogen and oxygen atoms in total. The number of nitrogens with zero attached hydrogens (tertiary/aromatic N) is 1. The number of aromatic nitrogens is 2. The van der Waals surface area contributed by atoms with Gasteiger partial charge in [-0.15, -0.1) is 11.6 Å². The van der Waals surface area contributed by atoms with Crippen molar-refractivity contribution in [1.29, 1.82) is 0 Å². The van der Waals surface area contributed by atoms with Gasteiger partial charge in [0.05, 0.1) is 12.1 Å². The van der Waals surface area contributed by atoms with E-state index >= 15 is 0 Å². The standard InChI is InChI=1S/C5H5ClN2O2/c6-1-4-7-2-3(8-4)5(9)10/h2H,1H2,(H,7,8)(H,9,10). The van der Waals surface area contributed by atoms with E-state index in [9.17, 15) is 4.79 Å². The van der Waals surface area contributed by atoms with Gasteiger partial charge in [0.15, 0.2) is 0 Å². The number of carbonyl (C=O) groups is 1. The van der Waals surface area contributed by atoms with E-state index in [0.29, 0.717) is 5.82 Å². The second-order valence-electron chi connectivity index (χ2n) is 1.68. The molecule has 0 aliphatic heterocycles. The minimum Gasteiger partial charge on any atom is -0.477 e. The maximum absolute atomic E-state index is 10.2. The number of rotatable bonds is 2. The third-order valence-corrected chi connectivity index (χ3v) is 1.24. The van der Waals surface area contributed by atoms with E-state index in [-0.39, 0.29) is 11.6 Å². The first-order valence-corrected chi connectivity index (χ1v) is 3.10. The van der Waals surface area contributed by atoms with Gasteiger partial charge in [0.25, 0.3) is 0 Å². The van der Waals surface area contributed by atoms with Crippen LogP contribution < -0.4 is 0 Å². The lowest BCUT2D eigenvalue weighted by Crippen LogP contribution is -1.95. The van der Waals surface area contributed by atoms with E-state index in [0.717, 1.165) is 0 Å². The summed E-state index contributed by atoms with van der Waals surface area (Å²) in [6.07, 6.45) is 1.24. The monoisotopic (exact) mass is 160 g/mol. The predicted molar refractivity (Wildman–Crippen MR) is 35.1 cm³/mol. The van der Waals surface area contributed by atoms with Crippen molar-refractivity contribution in [3.8, 4) is 0 Å². The highest BCUT2D eigenvalue weighted by Gasteiger charge is 2.04. The third-order valence-electron chi connectivity index (χ3n) is 0.985. The molecule has 1 aromatic heterocycles. The number of halogens is 1. The van der Waals surface area contributed by atoms with Crippen LogP contribution in [0.2, 0.25) is 0 Å². The molecule has 0 unspecified atom stereocenters. The molecule has 1 rings (SSSR count). The fourth-order valence-electron chi connectivity index (χ4n) is 0.539. The Morgan fingerprint density at radius 1 is 1.90 bits per heavy atom. The molecular weight excluding hydrogens is 156 g/mol. The van der Waals surface area contributed by atoms with Crippen LogP contribution in [0.25, 0.3) is 0 Å². The molecule has 10 heavy (non-hydrogen) atoms. The van der Waals surface area contributed by atoms with Crippen molar-refractivity contribution in [2.75, 3.05) is 0 Å². The normalized spacial score (nSPS) is 9.70. The lowest BCUT2D eigenvalue weighted by molar-refractivity contribution is 0.0691. The second-order valence-corrected chi connectivity index (χ2v) is 1.95. The van der Waals surface area contributed by atoms with Gasteiger partial charge in [-0.2, -0.15) is 0 Å². The van der Waals surface area contributed by atoms with E-state index in [1.807, 2.05) is 0 Å². The van der Waals surface area contributed by atoms with Crippen LogP contribution in [0.1, 0.15) is 16.3 Å². The largest absolute Gasteiger partial charge is 0.477 e. The summed E-state index contributed by atoms with van der Waals surface area (Å²) in [6.45, 7) is 0. The van der Waals surface area contributed by atoms with E-state index in [1.165, 1.54) is 6.20 Å². The van der Waals surface area contributed by atoms with Crippen molar-refractivity contribution in [1.82, 2.24) is 9.97 Å². The summed E-state index contributed by atoms with van der Waals surface area (Å²) < 4.78 is 0. The Kier molecular flexibility index (Phi) is 1.91. The molecule has 0 atom stereocenters. The van der Waals surface area contributed by atoms with Crippen LogP contribution in [0, 0.1) is 0 Å². The zero-order chi connectivity index (χ0) is 7.56. The Balaban J connectivity index is 2.88. The smallest absolute Gasteiger partial charge is 0.353 e. The highest BCUT2D eigenvalue weighted by Crippen LogP contribution is 1.99. The molecule has 0 saturated heterocycles. The molecule has 0 aliphatic rings. The summed E-state index contributed by atoms with van der Waals surface area (Å²) in [6, 6.07) is 0. The van der Waals surface area contributed by atoms with Gasteiger partial charge in [0, 0.05) is 0 Å². The molecule has 0 bridgehead atoms. The molecule has 1 aromatic rings. The van der Waals surface area contributed by atoms with Crippen LogP contribution >= 0.6 is 11.6 Å².